The lowest BCUT2D eigenvalue weighted by Crippen LogP contribution is -2.46. The van der Waals surface area contributed by atoms with E-state index in [1.807, 2.05) is 6.92 Å². The molecule has 4 nitrogen and oxygen atoms in total. The molecule has 0 bridgehead atoms. The third-order valence-electron chi connectivity index (χ3n) is 4.79. The predicted octanol–water partition coefficient (Wildman–Crippen LogP) is 4.47. The van der Waals surface area contributed by atoms with Crippen LogP contribution in [0.1, 0.15) is 51.0 Å². The Morgan fingerprint density at radius 2 is 1.73 bits per heavy atom. The van der Waals surface area contributed by atoms with E-state index in [2.05, 4.69) is 39.4 Å². The summed E-state index contributed by atoms with van der Waals surface area (Å²) in [5.74, 6) is 3.28. The monoisotopic (exact) mass is 491 g/mol. The van der Waals surface area contributed by atoms with Crippen molar-refractivity contribution in [1.82, 2.24) is 0 Å². The number of unbranched alkanes of at least 4 members (excludes halogenated alkanes) is 3. The number of likely N-dealkylation sites (tertiary alicyclic amines) is 1. The molecule has 2 rings (SSSR count). The SMILES string of the molecule is CCCCCC[N+]1(CC#CI)CCCC1.Cc1ccc(S(=O)(=O)[O-])cc1. The van der Waals surface area contributed by atoms with Gasteiger partial charge in [-0.1, -0.05) is 37.5 Å². The molecular weight excluding hydrogens is 461 g/mol. The van der Waals surface area contributed by atoms with Crippen LogP contribution >= 0.6 is 22.6 Å². The van der Waals surface area contributed by atoms with Gasteiger partial charge >= 0.3 is 0 Å². The minimum atomic E-state index is -4.27. The zero-order chi connectivity index (χ0) is 19.5. The van der Waals surface area contributed by atoms with Gasteiger partial charge in [-0.05, 0) is 41.7 Å². The molecule has 1 saturated heterocycles. The molecule has 6 heteroatoms. The Morgan fingerprint density at radius 3 is 2.23 bits per heavy atom. The molecule has 0 spiro atoms. The molecule has 26 heavy (non-hydrogen) atoms. The van der Waals surface area contributed by atoms with E-state index >= 15 is 0 Å². The first-order valence-corrected chi connectivity index (χ1v) is 11.8. The third kappa shape index (κ3) is 8.85. The average Bonchev–Trinajstić information content (AvgIpc) is 3.06. The maximum absolute atomic E-state index is 10.4. The Kier molecular flexibility index (Phi) is 10.8. The van der Waals surface area contributed by atoms with Gasteiger partial charge < -0.3 is 9.04 Å². The second-order valence-corrected chi connectivity index (χ2v) is 8.90. The second kappa shape index (κ2) is 12.0. The molecule has 0 aromatic heterocycles. The summed E-state index contributed by atoms with van der Waals surface area (Å²) in [5.41, 5.74) is 0.928. The summed E-state index contributed by atoms with van der Waals surface area (Å²) < 4.78 is 35.5. The molecular formula is C20H30INO3S. The van der Waals surface area contributed by atoms with E-state index in [0.717, 1.165) is 12.1 Å². The van der Waals surface area contributed by atoms with Gasteiger partial charge in [-0.15, -0.1) is 0 Å². The molecule has 1 aromatic rings. The Hall–Kier alpha value is -0.620. The fourth-order valence-electron chi connectivity index (χ4n) is 3.24. The van der Waals surface area contributed by atoms with Crippen LogP contribution < -0.4 is 0 Å². The van der Waals surface area contributed by atoms with Crippen LogP contribution in [0.5, 0.6) is 0 Å². The summed E-state index contributed by atoms with van der Waals surface area (Å²) in [5, 5.41) is 0. The van der Waals surface area contributed by atoms with Crippen LogP contribution in [0, 0.1) is 16.8 Å². The fraction of sp³-hybridized carbons (Fsp3) is 0.600. The minimum Gasteiger partial charge on any atom is -0.744 e. The Labute approximate surface area is 172 Å². The summed E-state index contributed by atoms with van der Waals surface area (Å²) in [6, 6.07) is 5.78. The zero-order valence-corrected chi connectivity index (χ0v) is 18.8. The van der Waals surface area contributed by atoms with E-state index in [9.17, 15) is 13.0 Å². The highest BCUT2D eigenvalue weighted by Gasteiger charge is 2.30. The van der Waals surface area contributed by atoms with Crippen LogP contribution in [0.4, 0.5) is 0 Å². The number of halogens is 1. The maximum Gasteiger partial charge on any atom is 0.141 e. The van der Waals surface area contributed by atoms with Crippen molar-refractivity contribution in [3.63, 3.8) is 0 Å². The average molecular weight is 491 g/mol. The van der Waals surface area contributed by atoms with Crippen molar-refractivity contribution < 1.29 is 17.5 Å². The smallest absolute Gasteiger partial charge is 0.141 e. The van der Waals surface area contributed by atoms with Crippen molar-refractivity contribution in [2.75, 3.05) is 26.2 Å². The van der Waals surface area contributed by atoms with Crippen molar-refractivity contribution >= 4 is 32.7 Å². The lowest BCUT2D eigenvalue weighted by Gasteiger charge is -2.32. The number of aryl methyl sites for hydroxylation is 1. The van der Waals surface area contributed by atoms with Gasteiger partial charge in [0.05, 0.1) is 24.5 Å². The zero-order valence-electron chi connectivity index (χ0n) is 15.8. The van der Waals surface area contributed by atoms with Crippen LogP contribution in [0.2, 0.25) is 0 Å². The molecule has 0 atom stereocenters. The highest BCUT2D eigenvalue weighted by atomic mass is 127. The molecule has 0 N–H and O–H groups in total. The fourth-order valence-corrected chi connectivity index (χ4v) is 3.88. The predicted molar refractivity (Wildman–Crippen MR) is 114 cm³/mol. The standard InChI is InChI=1S/C13H23IN.C7H8O3S/c1-2-3-4-5-10-15(13-8-9-14)11-6-7-12-15;1-6-2-4-7(5-3-6)11(8,9)10/h2-7,10-13H2,1H3;2-5H,1H3,(H,8,9,10)/q+1;/p-1. The van der Waals surface area contributed by atoms with Crippen LogP contribution in [0.15, 0.2) is 29.2 Å². The lowest BCUT2D eigenvalue weighted by molar-refractivity contribution is -0.910. The molecule has 0 radical (unpaired) electrons. The molecule has 146 valence electrons. The van der Waals surface area contributed by atoms with Crippen molar-refractivity contribution in [3.05, 3.63) is 29.8 Å². The second-order valence-electron chi connectivity index (χ2n) is 6.98. The topological polar surface area (TPSA) is 57.2 Å². The van der Waals surface area contributed by atoms with Gasteiger partial charge in [0.1, 0.15) is 16.7 Å². The van der Waals surface area contributed by atoms with Crippen LogP contribution in [0.25, 0.3) is 0 Å². The van der Waals surface area contributed by atoms with Gasteiger partial charge in [-0.2, -0.15) is 0 Å². The molecule has 0 unspecified atom stereocenters. The number of benzene rings is 1. The summed E-state index contributed by atoms with van der Waals surface area (Å²) in [6.07, 6.45) is 8.38. The van der Waals surface area contributed by atoms with Gasteiger partial charge in [-0.25, -0.2) is 8.42 Å². The molecule has 1 heterocycles. The molecule has 0 aliphatic carbocycles. The Bertz CT molecular complexity index is 684. The summed E-state index contributed by atoms with van der Waals surface area (Å²) in [6.45, 7) is 9.30. The highest BCUT2D eigenvalue weighted by Crippen LogP contribution is 2.20. The van der Waals surface area contributed by atoms with Gasteiger partial charge in [0.2, 0.25) is 0 Å². The maximum atomic E-state index is 10.4. The quantitative estimate of drug-likeness (QED) is 0.186. The van der Waals surface area contributed by atoms with Gasteiger partial charge in [0, 0.05) is 35.4 Å². The number of quaternary nitrogens is 1. The van der Waals surface area contributed by atoms with E-state index in [4.69, 9.17) is 0 Å². The largest absolute Gasteiger partial charge is 0.744 e. The molecule has 0 saturated carbocycles. The molecule has 1 fully saturated rings. The molecule has 1 aliphatic rings. The first kappa shape index (κ1) is 23.4. The van der Waals surface area contributed by atoms with Gasteiger partial charge in [0.15, 0.2) is 0 Å². The van der Waals surface area contributed by atoms with Crippen molar-refractivity contribution in [1.29, 1.82) is 0 Å². The normalized spacial score (nSPS) is 15.5. The number of nitrogens with zero attached hydrogens (tertiary/aromatic N) is 1. The third-order valence-corrected chi connectivity index (χ3v) is 6.02. The Balaban J connectivity index is 0.000000273. The number of rotatable bonds is 7. The van der Waals surface area contributed by atoms with Gasteiger partial charge in [0.25, 0.3) is 0 Å². The summed E-state index contributed by atoms with van der Waals surface area (Å²) in [4.78, 5) is -0.178. The highest BCUT2D eigenvalue weighted by molar-refractivity contribution is 14.1. The molecule has 1 aliphatic heterocycles. The Morgan fingerprint density at radius 1 is 1.12 bits per heavy atom. The van der Waals surface area contributed by atoms with E-state index in [1.54, 1.807) is 12.1 Å². The molecule has 1 aromatic carbocycles. The molecule has 0 amide bonds. The first-order valence-electron chi connectivity index (χ1n) is 9.29. The van der Waals surface area contributed by atoms with E-state index < -0.39 is 10.1 Å². The van der Waals surface area contributed by atoms with Gasteiger partial charge in [-0.3, -0.25) is 0 Å². The van der Waals surface area contributed by atoms with Crippen LogP contribution in [0.3, 0.4) is 0 Å². The number of hydrogen-bond donors (Lipinski definition) is 0. The van der Waals surface area contributed by atoms with E-state index in [1.165, 1.54) is 74.8 Å². The first-order chi connectivity index (χ1) is 12.3. The number of hydrogen-bond acceptors (Lipinski definition) is 3. The van der Waals surface area contributed by atoms with Crippen LogP contribution in [-0.2, 0) is 10.1 Å². The van der Waals surface area contributed by atoms with Crippen LogP contribution in [-0.4, -0.2) is 43.6 Å². The van der Waals surface area contributed by atoms with Crippen molar-refractivity contribution in [3.8, 4) is 9.85 Å². The summed E-state index contributed by atoms with van der Waals surface area (Å²) in [7, 11) is -4.27. The van der Waals surface area contributed by atoms with E-state index in [0.29, 0.717) is 0 Å². The van der Waals surface area contributed by atoms with E-state index in [-0.39, 0.29) is 4.90 Å². The van der Waals surface area contributed by atoms with Crippen molar-refractivity contribution in [2.45, 2.75) is 57.3 Å². The van der Waals surface area contributed by atoms with Crippen molar-refractivity contribution in [2.24, 2.45) is 0 Å². The minimum absolute atomic E-state index is 0.178. The lowest BCUT2D eigenvalue weighted by atomic mass is 10.2. The summed E-state index contributed by atoms with van der Waals surface area (Å²) >= 11 is 2.16.